The second-order valence-electron chi connectivity index (χ2n) is 4.30. The Morgan fingerprint density at radius 2 is 1.72 bits per heavy atom. The van der Waals surface area contributed by atoms with Gasteiger partial charge in [0.15, 0.2) is 0 Å². The molecule has 94 valence electrons. The smallest absolute Gasteiger partial charge is 0.126 e. The number of hydrogen-bond donors (Lipinski definition) is 1. The third-order valence-electron chi connectivity index (χ3n) is 2.99. The van der Waals surface area contributed by atoms with E-state index in [0.717, 1.165) is 28.5 Å². The van der Waals surface area contributed by atoms with Gasteiger partial charge in [-0.25, -0.2) is 4.39 Å². The van der Waals surface area contributed by atoms with E-state index in [-0.39, 0.29) is 5.75 Å². The van der Waals surface area contributed by atoms with Gasteiger partial charge in [-0.3, -0.25) is 0 Å². The van der Waals surface area contributed by atoms with Crippen molar-refractivity contribution < 1.29 is 14.2 Å². The fraction of sp³-hybridized carbons (Fsp3) is 0.200. The van der Waals surface area contributed by atoms with E-state index in [2.05, 4.69) is 0 Å². The Morgan fingerprint density at radius 1 is 1.00 bits per heavy atom. The molecule has 0 spiro atoms. The number of halogens is 1. The lowest BCUT2D eigenvalue weighted by Crippen LogP contribution is -1.92. The molecule has 0 heterocycles. The lowest BCUT2D eigenvalue weighted by molar-refractivity contribution is 0.411. The summed E-state index contributed by atoms with van der Waals surface area (Å²) in [5.41, 5.74) is 3.45. The topological polar surface area (TPSA) is 29.5 Å². The molecular weight excluding hydrogens is 231 g/mol. The number of ether oxygens (including phenoxy) is 1. The summed E-state index contributed by atoms with van der Waals surface area (Å²) in [6.45, 7) is 3.86. The second kappa shape index (κ2) is 4.69. The minimum atomic E-state index is -0.445. The number of phenolic OH excluding ortho intramolecular Hbond substituents is 1. The van der Waals surface area contributed by atoms with E-state index in [9.17, 15) is 9.50 Å². The molecule has 18 heavy (non-hydrogen) atoms. The quantitative estimate of drug-likeness (QED) is 0.872. The molecule has 2 aromatic carbocycles. The summed E-state index contributed by atoms with van der Waals surface area (Å²) in [6, 6.07) is 7.88. The molecule has 0 atom stereocenters. The van der Waals surface area contributed by atoms with Crippen LogP contribution in [0.15, 0.2) is 30.3 Å². The maximum Gasteiger partial charge on any atom is 0.126 e. The SMILES string of the molecule is COc1cc(C)c(-c2ccc(F)cc2O)cc1C. The predicted octanol–water partition coefficient (Wildman–Crippen LogP) is 3.82. The first kappa shape index (κ1) is 12.4. The average Bonchev–Trinajstić information content (AvgIpc) is 2.32. The summed E-state index contributed by atoms with van der Waals surface area (Å²) >= 11 is 0. The molecule has 0 unspecified atom stereocenters. The van der Waals surface area contributed by atoms with Crippen LogP contribution in [0, 0.1) is 19.7 Å². The first-order valence-corrected chi connectivity index (χ1v) is 5.67. The molecule has 3 heteroatoms. The van der Waals surface area contributed by atoms with Crippen LogP contribution in [-0.2, 0) is 0 Å². The van der Waals surface area contributed by atoms with Crippen molar-refractivity contribution in [2.24, 2.45) is 0 Å². The number of rotatable bonds is 2. The van der Waals surface area contributed by atoms with Crippen molar-refractivity contribution in [3.8, 4) is 22.6 Å². The van der Waals surface area contributed by atoms with Gasteiger partial charge in [-0.15, -0.1) is 0 Å². The first-order valence-electron chi connectivity index (χ1n) is 5.67. The minimum Gasteiger partial charge on any atom is -0.507 e. The van der Waals surface area contributed by atoms with E-state index in [1.165, 1.54) is 6.07 Å². The van der Waals surface area contributed by atoms with Crippen LogP contribution in [0.4, 0.5) is 4.39 Å². The molecule has 0 aliphatic rings. The summed E-state index contributed by atoms with van der Waals surface area (Å²) in [5.74, 6) is 0.305. The Hall–Kier alpha value is -2.03. The molecule has 2 nitrogen and oxygen atoms in total. The van der Waals surface area contributed by atoms with Crippen LogP contribution in [0.5, 0.6) is 11.5 Å². The van der Waals surface area contributed by atoms with Crippen molar-refractivity contribution in [3.63, 3.8) is 0 Å². The maximum absolute atomic E-state index is 13.0. The highest BCUT2D eigenvalue weighted by Crippen LogP contribution is 2.35. The summed E-state index contributed by atoms with van der Waals surface area (Å²) in [6.07, 6.45) is 0. The van der Waals surface area contributed by atoms with E-state index in [4.69, 9.17) is 4.74 Å². The van der Waals surface area contributed by atoms with Crippen molar-refractivity contribution in [2.45, 2.75) is 13.8 Å². The molecule has 2 aromatic rings. The number of aromatic hydroxyl groups is 1. The van der Waals surface area contributed by atoms with Gasteiger partial charge in [-0.05, 0) is 54.8 Å². The fourth-order valence-electron chi connectivity index (χ4n) is 2.03. The van der Waals surface area contributed by atoms with Crippen LogP contribution in [-0.4, -0.2) is 12.2 Å². The van der Waals surface area contributed by atoms with Gasteiger partial charge in [0.05, 0.1) is 7.11 Å². The van der Waals surface area contributed by atoms with Crippen LogP contribution in [0.25, 0.3) is 11.1 Å². The summed E-state index contributed by atoms with van der Waals surface area (Å²) in [4.78, 5) is 0. The highest BCUT2D eigenvalue weighted by Gasteiger charge is 2.11. The van der Waals surface area contributed by atoms with Gasteiger partial charge in [-0.2, -0.15) is 0 Å². The molecule has 0 radical (unpaired) electrons. The predicted molar refractivity (Wildman–Crippen MR) is 69.5 cm³/mol. The monoisotopic (exact) mass is 246 g/mol. The number of phenols is 1. The zero-order valence-corrected chi connectivity index (χ0v) is 10.6. The minimum absolute atomic E-state index is 0.0531. The molecule has 0 bridgehead atoms. The van der Waals surface area contributed by atoms with Crippen molar-refractivity contribution in [1.82, 2.24) is 0 Å². The normalized spacial score (nSPS) is 10.4. The second-order valence-corrected chi connectivity index (χ2v) is 4.30. The molecule has 0 aliphatic carbocycles. The molecule has 0 saturated carbocycles. The van der Waals surface area contributed by atoms with Crippen molar-refractivity contribution in [2.75, 3.05) is 7.11 Å². The zero-order valence-electron chi connectivity index (χ0n) is 10.6. The van der Waals surface area contributed by atoms with Gasteiger partial charge in [0, 0.05) is 11.6 Å². The van der Waals surface area contributed by atoms with Crippen LogP contribution in [0.3, 0.4) is 0 Å². The molecule has 0 saturated heterocycles. The Balaban J connectivity index is 2.60. The molecule has 0 aliphatic heterocycles. The molecule has 0 amide bonds. The summed E-state index contributed by atoms with van der Waals surface area (Å²) in [5, 5.41) is 9.82. The van der Waals surface area contributed by atoms with Gasteiger partial charge in [-0.1, -0.05) is 0 Å². The van der Waals surface area contributed by atoms with Crippen LogP contribution >= 0.6 is 0 Å². The van der Waals surface area contributed by atoms with E-state index >= 15 is 0 Å². The van der Waals surface area contributed by atoms with Crippen molar-refractivity contribution in [3.05, 3.63) is 47.3 Å². The zero-order chi connectivity index (χ0) is 13.3. The van der Waals surface area contributed by atoms with Gasteiger partial charge >= 0.3 is 0 Å². The maximum atomic E-state index is 13.0. The third-order valence-corrected chi connectivity index (χ3v) is 2.99. The summed E-state index contributed by atoms with van der Waals surface area (Å²) in [7, 11) is 1.62. The van der Waals surface area contributed by atoms with Crippen LogP contribution < -0.4 is 4.74 Å². The van der Waals surface area contributed by atoms with Crippen LogP contribution in [0.1, 0.15) is 11.1 Å². The molecular formula is C15H15FO2. The van der Waals surface area contributed by atoms with Crippen LogP contribution in [0.2, 0.25) is 0 Å². The number of hydrogen-bond acceptors (Lipinski definition) is 2. The number of aryl methyl sites for hydroxylation is 2. The van der Waals surface area contributed by atoms with Crippen molar-refractivity contribution in [1.29, 1.82) is 0 Å². The molecule has 2 rings (SSSR count). The highest BCUT2D eigenvalue weighted by molar-refractivity contribution is 5.74. The summed E-state index contributed by atoms with van der Waals surface area (Å²) < 4.78 is 18.2. The third kappa shape index (κ3) is 2.16. The largest absolute Gasteiger partial charge is 0.507 e. The Bertz CT molecular complexity index is 591. The number of methoxy groups -OCH3 is 1. The van der Waals surface area contributed by atoms with E-state index in [1.54, 1.807) is 13.2 Å². The van der Waals surface area contributed by atoms with Gasteiger partial charge in [0.2, 0.25) is 0 Å². The Labute approximate surface area is 106 Å². The number of benzene rings is 2. The van der Waals surface area contributed by atoms with E-state index in [1.807, 2.05) is 26.0 Å². The van der Waals surface area contributed by atoms with Gasteiger partial charge in [0.25, 0.3) is 0 Å². The van der Waals surface area contributed by atoms with Crippen molar-refractivity contribution >= 4 is 0 Å². The lowest BCUT2D eigenvalue weighted by Gasteiger charge is -2.12. The Morgan fingerprint density at radius 3 is 2.33 bits per heavy atom. The molecule has 0 fully saturated rings. The fourth-order valence-corrected chi connectivity index (χ4v) is 2.03. The van der Waals surface area contributed by atoms with E-state index < -0.39 is 5.82 Å². The standard InChI is InChI=1S/C15H15FO2/c1-9-7-15(18-3)10(2)6-13(9)12-5-4-11(16)8-14(12)17/h4-8,17H,1-3H3. The lowest BCUT2D eigenvalue weighted by atomic mass is 9.97. The van der Waals surface area contributed by atoms with E-state index in [0.29, 0.717) is 5.56 Å². The highest BCUT2D eigenvalue weighted by atomic mass is 19.1. The molecule has 1 N–H and O–H groups in total. The average molecular weight is 246 g/mol. The van der Waals surface area contributed by atoms with Gasteiger partial charge < -0.3 is 9.84 Å². The first-order chi connectivity index (χ1) is 8.52. The van der Waals surface area contributed by atoms with Gasteiger partial charge in [0.1, 0.15) is 17.3 Å². The molecule has 0 aromatic heterocycles. The Kier molecular flexibility index (Phi) is 3.24.